The van der Waals surface area contributed by atoms with E-state index in [1.807, 2.05) is 19.9 Å². The molecule has 1 saturated carbocycles. The van der Waals surface area contributed by atoms with Crippen LogP contribution in [0.25, 0.3) is 5.52 Å². The Morgan fingerprint density at radius 3 is 2.68 bits per heavy atom. The highest BCUT2D eigenvalue weighted by Crippen LogP contribution is 2.45. The van der Waals surface area contributed by atoms with Gasteiger partial charge in [0.25, 0.3) is 0 Å². The summed E-state index contributed by atoms with van der Waals surface area (Å²) in [6.07, 6.45) is 3.87. The Bertz CT molecular complexity index is 1050. The van der Waals surface area contributed by atoms with Gasteiger partial charge in [-0.3, -0.25) is 0 Å². The van der Waals surface area contributed by atoms with Crippen molar-refractivity contribution in [2.24, 2.45) is 11.8 Å². The maximum atomic E-state index is 9.81. The van der Waals surface area contributed by atoms with Crippen LogP contribution in [0.2, 0.25) is 0 Å². The average molecular weight is 425 g/mol. The summed E-state index contributed by atoms with van der Waals surface area (Å²) >= 11 is 0. The van der Waals surface area contributed by atoms with Crippen LogP contribution in [0, 0.1) is 23.2 Å². The number of nitriles is 1. The summed E-state index contributed by atoms with van der Waals surface area (Å²) in [5, 5.41) is 24.0. The third-order valence-corrected chi connectivity index (χ3v) is 7.27. The van der Waals surface area contributed by atoms with Crippen LogP contribution in [0.15, 0.2) is 12.3 Å². The van der Waals surface area contributed by atoms with E-state index in [4.69, 9.17) is 14.2 Å². The van der Waals surface area contributed by atoms with E-state index in [0.29, 0.717) is 11.5 Å². The largest absolute Gasteiger partial charge is 0.394 e. The normalized spacial score (nSPS) is 36.1. The molecule has 0 amide bonds. The number of fused-ring (bicyclic) bond motifs is 3. The first kappa shape index (κ1) is 19.4. The van der Waals surface area contributed by atoms with Gasteiger partial charge in [0.15, 0.2) is 17.3 Å². The Morgan fingerprint density at radius 1 is 1.23 bits per heavy atom. The SMILES string of the molecule is CC1(C)O[C@@H]2[C@H](O1)[C@@H](CO)O[C@H]2c1ncc2c(N3CC4CCCC4C3)cc(C#N)nn12. The van der Waals surface area contributed by atoms with Gasteiger partial charge in [-0.05, 0) is 38.5 Å². The molecule has 4 fully saturated rings. The first-order valence-corrected chi connectivity index (χ1v) is 11.1. The fourth-order valence-electron chi connectivity index (χ4n) is 5.95. The zero-order chi connectivity index (χ0) is 21.3. The summed E-state index contributed by atoms with van der Waals surface area (Å²) in [5.74, 6) is 1.27. The van der Waals surface area contributed by atoms with E-state index in [1.54, 1.807) is 10.7 Å². The van der Waals surface area contributed by atoms with Crippen molar-refractivity contribution >= 4 is 11.2 Å². The zero-order valence-corrected chi connectivity index (χ0v) is 17.8. The molecular weight excluding hydrogens is 398 g/mol. The van der Waals surface area contributed by atoms with Gasteiger partial charge in [-0.25, -0.2) is 9.50 Å². The lowest BCUT2D eigenvalue weighted by Gasteiger charge is -2.23. The molecule has 0 radical (unpaired) electrons. The van der Waals surface area contributed by atoms with Crippen molar-refractivity contribution in [2.45, 2.75) is 63.3 Å². The van der Waals surface area contributed by atoms with E-state index in [2.05, 4.69) is 21.1 Å². The van der Waals surface area contributed by atoms with Crippen molar-refractivity contribution < 1.29 is 19.3 Å². The van der Waals surface area contributed by atoms with Crippen molar-refractivity contribution in [1.82, 2.24) is 14.6 Å². The van der Waals surface area contributed by atoms with Crippen LogP contribution in [0.3, 0.4) is 0 Å². The lowest BCUT2D eigenvalue weighted by molar-refractivity contribution is -0.192. The number of anilines is 1. The summed E-state index contributed by atoms with van der Waals surface area (Å²) < 4.78 is 19.9. The van der Waals surface area contributed by atoms with E-state index in [1.165, 1.54) is 19.3 Å². The lowest BCUT2D eigenvalue weighted by Crippen LogP contribution is -2.31. The van der Waals surface area contributed by atoms with Gasteiger partial charge in [-0.2, -0.15) is 10.4 Å². The third kappa shape index (κ3) is 2.97. The minimum absolute atomic E-state index is 0.168. The van der Waals surface area contributed by atoms with E-state index >= 15 is 0 Å². The van der Waals surface area contributed by atoms with Gasteiger partial charge in [0.1, 0.15) is 36.0 Å². The van der Waals surface area contributed by atoms with E-state index in [9.17, 15) is 10.4 Å². The topological polar surface area (TPSA) is 105 Å². The predicted octanol–water partition coefficient (Wildman–Crippen LogP) is 1.79. The predicted molar refractivity (Wildman–Crippen MR) is 109 cm³/mol. The number of aromatic nitrogens is 3. The molecule has 5 heterocycles. The molecule has 9 heteroatoms. The molecule has 164 valence electrons. The summed E-state index contributed by atoms with van der Waals surface area (Å²) in [6, 6.07) is 4.07. The number of imidazole rings is 1. The fourth-order valence-corrected chi connectivity index (χ4v) is 5.95. The molecule has 6 rings (SSSR count). The molecule has 31 heavy (non-hydrogen) atoms. The summed E-state index contributed by atoms with van der Waals surface area (Å²) in [7, 11) is 0. The van der Waals surface area contributed by atoms with E-state index < -0.39 is 24.1 Å². The van der Waals surface area contributed by atoms with Gasteiger partial charge >= 0.3 is 0 Å². The number of hydrogen-bond donors (Lipinski definition) is 1. The maximum Gasteiger partial charge on any atom is 0.164 e. The number of rotatable bonds is 3. The zero-order valence-electron chi connectivity index (χ0n) is 17.8. The van der Waals surface area contributed by atoms with Crippen molar-refractivity contribution in [3.63, 3.8) is 0 Å². The minimum Gasteiger partial charge on any atom is -0.394 e. The number of nitrogens with zero attached hydrogens (tertiary/aromatic N) is 5. The average Bonchev–Trinajstić information content (AvgIpc) is 3.52. The molecule has 0 aromatic carbocycles. The fraction of sp³-hybridized carbons (Fsp3) is 0.682. The molecule has 0 spiro atoms. The second-order valence-electron chi connectivity index (χ2n) is 9.64. The minimum atomic E-state index is -0.762. The molecule has 3 saturated heterocycles. The van der Waals surface area contributed by atoms with Gasteiger partial charge < -0.3 is 24.2 Å². The Morgan fingerprint density at radius 2 is 1.97 bits per heavy atom. The molecule has 2 aromatic rings. The molecule has 1 N–H and O–H groups in total. The molecule has 3 aliphatic heterocycles. The number of hydrogen-bond acceptors (Lipinski definition) is 8. The second kappa shape index (κ2) is 6.87. The molecule has 0 bridgehead atoms. The summed E-state index contributed by atoms with van der Waals surface area (Å²) in [4.78, 5) is 7.04. The van der Waals surface area contributed by atoms with Crippen molar-refractivity contribution in [3.8, 4) is 6.07 Å². The highest BCUT2D eigenvalue weighted by atomic mass is 16.8. The van der Waals surface area contributed by atoms with Crippen LogP contribution in [-0.4, -0.2) is 63.5 Å². The first-order chi connectivity index (χ1) is 15.0. The van der Waals surface area contributed by atoms with Crippen LogP contribution in [0.5, 0.6) is 0 Å². The van der Waals surface area contributed by atoms with Crippen molar-refractivity contribution in [3.05, 3.63) is 23.8 Å². The van der Waals surface area contributed by atoms with Crippen molar-refractivity contribution in [1.29, 1.82) is 5.26 Å². The lowest BCUT2D eigenvalue weighted by atomic mass is 10.0. The first-order valence-electron chi connectivity index (χ1n) is 11.1. The maximum absolute atomic E-state index is 9.81. The molecule has 4 aliphatic rings. The van der Waals surface area contributed by atoms with Gasteiger partial charge in [-0.1, -0.05) is 6.42 Å². The number of ether oxygens (including phenoxy) is 3. The molecular formula is C22H27N5O4. The smallest absolute Gasteiger partial charge is 0.164 e. The molecule has 2 unspecified atom stereocenters. The van der Waals surface area contributed by atoms with Crippen LogP contribution < -0.4 is 4.90 Å². The van der Waals surface area contributed by atoms with Crippen LogP contribution in [0.1, 0.15) is 50.7 Å². The highest BCUT2D eigenvalue weighted by Gasteiger charge is 2.56. The van der Waals surface area contributed by atoms with Crippen LogP contribution in [-0.2, 0) is 14.2 Å². The highest BCUT2D eigenvalue weighted by molar-refractivity contribution is 5.74. The van der Waals surface area contributed by atoms with E-state index in [-0.39, 0.29) is 12.7 Å². The van der Waals surface area contributed by atoms with E-state index in [0.717, 1.165) is 36.1 Å². The van der Waals surface area contributed by atoms with Gasteiger partial charge in [0.2, 0.25) is 0 Å². The number of aliphatic hydroxyl groups excluding tert-OH is 1. The number of aliphatic hydroxyl groups is 1. The summed E-state index contributed by atoms with van der Waals surface area (Å²) in [5.41, 5.74) is 2.20. The van der Waals surface area contributed by atoms with Crippen LogP contribution >= 0.6 is 0 Å². The quantitative estimate of drug-likeness (QED) is 0.794. The molecule has 9 nitrogen and oxygen atoms in total. The summed E-state index contributed by atoms with van der Waals surface area (Å²) in [6.45, 7) is 5.57. The second-order valence-corrected chi connectivity index (χ2v) is 9.64. The molecule has 2 aromatic heterocycles. The van der Waals surface area contributed by atoms with Crippen LogP contribution in [0.4, 0.5) is 5.69 Å². The third-order valence-electron chi connectivity index (χ3n) is 7.27. The van der Waals surface area contributed by atoms with Gasteiger partial charge in [0, 0.05) is 19.2 Å². The van der Waals surface area contributed by atoms with Gasteiger partial charge in [-0.15, -0.1) is 0 Å². The molecule has 6 atom stereocenters. The Labute approximate surface area is 180 Å². The Balaban J connectivity index is 1.41. The Hall–Kier alpha value is -2.25. The standard InChI is InChI=1S/C22H27N5O4/c1-22(2)30-18-17(11-28)29-20(19(18)31-22)21-24-8-16-15(6-14(7-23)25-27(16)21)26-9-12-4-3-5-13(12)10-26/h6,8,12-13,17-20,28H,3-5,9-11H2,1-2H3/t12?,13?,17-,18-,19-,20-/m1/s1. The molecule has 1 aliphatic carbocycles. The van der Waals surface area contributed by atoms with Gasteiger partial charge in [0.05, 0.1) is 18.5 Å². The monoisotopic (exact) mass is 425 g/mol. The Kier molecular flexibility index (Phi) is 4.31. The van der Waals surface area contributed by atoms with Crippen molar-refractivity contribution in [2.75, 3.05) is 24.6 Å².